The lowest BCUT2D eigenvalue weighted by molar-refractivity contribution is -0.140. The van der Waals surface area contributed by atoms with Crippen LogP contribution in [-0.4, -0.2) is 85.8 Å². The molecule has 3 heterocycles. The summed E-state index contributed by atoms with van der Waals surface area (Å²) in [6.07, 6.45) is 0. The minimum absolute atomic E-state index is 0.0582. The zero-order valence-electron chi connectivity index (χ0n) is 20.3. The lowest BCUT2D eigenvalue weighted by Gasteiger charge is -2.31. The summed E-state index contributed by atoms with van der Waals surface area (Å²) in [5.74, 6) is 0.192. The molecule has 0 spiro atoms. The van der Waals surface area contributed by atoms with Crippen LogP contribution in [0.2, 0.25) is 0 Å². The summed E-state index contributed by atoms with van der Waals surface area (Å²) in [6, 6.07) is 11.6. The number of morpholine rings is 1. The fourth-order valence-corrected chi connectivity index (χ4v) is 4.79. The first-order chi connectivity index (χ1) is 17.6. The molecule has 2 saturated heterocycles. The van der Waals surface area contributed by atoms with Crippen molar-refractivity contribution in [3.63, 3.8) is 0 Å². The van der Waals surface area contributed by atoms with Gasteiger partial charge < -0.3 is 29.0 Å². The van der Waals surface area contributed by atoms with Crippen molar-refractivity contribution in [2.75, 3.05) is 59.2 Å². The Morgan fingerprint density at radius 3 is 2.42 bits per heavy atom. The van der Waals surface area contributed by atoms with Crippen LogP contribution < -0.4 is 14.2 Å². The molecule has 5 rings (SSSR count). The molecule has 9 heteroatoms. The Kier molecular flexibility index (Phi) is 7.11. The van der Waals surface area contributed by atoms with Crippen molar-refractivity contribution in [1.82, 2.24) is 9.80 Å². The van der Waals surface area contributed by atoms with Crippen LogP contribution in [0.3, 0.4) is 0 Å². The summed E-state index contributed by atoms with van der Waals surface area (Å²) in [4.78, 5) is 30.3. The molecule has 0 aliphatic carbocycles. The fourth-order valence-electron chi connectivity index (χ4n) is 4.79. The van der Waals surface area contributed by atoms with Gasteiger partial charge in [0, 0.05) is 31.7 Å². The van der Waals surface area contributed by atoms with Crippen LogP contribution in [0.4, 0.5) is 0 Å². The molecule has 3 aliphatic heterocycles. The van der Waals surface area contributed by atoms with E-state index in [4.69, 9.17) is 18.9 Å². The van der Waals surface area contributed by atoms with Gasteiger partial charge in [-0.05, 0) is 42.8 Å². The first-order valence-electron chi connectivity index (χ1n) is 12.3. The third-order valence-electron chi connectivity index (χ3n) is 6.62. The van der Waals surface area contributed by atoms with Crippen LogP contribution in [0.15, 0.2) is 48.0 Å². The van der Waals surface area contributed by atoms with Gasteiger partial charge in [0.25, 0.3) is 11.7 Å². The van der Waals surface area contributed by atoms with Crippen molar-refractivity contribution < 1.29 is 33.6 Å². The van der Waals surface area contributed by atoms with Crippen molar-refractivity contribution in [2.45, 2.75) is 13.0 Å². The van der Waals surface area contributed by atoms with Gasteiger partial charge in [-0.25, -0.2) is 0 Å². The van der Waals surface area contributed by atoms with E-state index in [0.717, 1.165) is 18.7 Å². The van der Waals surface area contributed by atoms with E-state index in [1.54, 1.807) is 23.1 Å². The van der Waals surface area contributed by atoms with Gasteiger partial charge in [0.05, 0.1) is 31.4 Å². The third kappa shape index (κ3) is 4.76. The Morgan fingerprint density at radius 1 is 0.972 bits per heavy atom. The van der Waals surface area contributed by atoms with E-state index in [1.807, 2.05) is 31.2 Å². The van der Waals surface area contributed by atoms with Crippen LogP contribution in [-0.2, 0) is 14.3 Å². The van der Waals surface area contributed by atoms with Gasteiger partial charge in [-0.1, -0.05) is 12.1 Å². The van der Waals surface area contributed by atoms with Crippen molar-refractivity contribution >= 4 is 17.4 Å². The Morgan fingerprint density at radius 2 is 1.69 bits per heavy atom. The van der Waals surface area contributed by atoms with Gasteiger partial charge in [-0.2, -0.15) is 0 Å². The zero-order chi connectivity index (χ0) is 25.1. The molecule has 0 saturated carbocycles. The number of aliphatic hydroxyl groups is 1. The first kappa shape index (κ1) is 24.1. The number of hydrogen-bond acceptors (Lipinski definition) is 8. The Labute approximate surface area is 209 Å². The monoisotopic (exact) mass is 494 g/mol. The smallest absolute Gasteiger partial charge is 0.295 e. The van der Waals surface area contributed by atoms with Gasteiger partial charge in [0.15, 0.2) is 11.5 Å². The number of amides is 1. The number of ketones is 1. The highest BCUT2D eigenvalue weighted by molar-refractivity contribution is 6.46. The SMILES string of the molecule is CCOc1ccc(C2/C(=C(\O)c3ccc4c(c3)OCCO4)C(=O)C(=O)N2CCN2CCOCC2)cc1. The average molecular weight is 495 g/mol. The number of rotatable bonds is 7. The average Bonchev–Trinajstić information content (AvgIpc) is 3.17. The molecular weight excluding hydrogens is 464 g/mol. The molecule has 1 atom stereocenters. The minimum atomic E-state index is -0.727. The molecule has 9 nitrogen and oxygen atoms in total. The molecule has 3 aliphatic rings. The number of aliphatic hydroxyl groups excluding tert-OH is 1. The molecular formula is C27H30N2O7. The summed E-state index contributed by atoms with van der Waals surface area (Å²) in [6.45, 7) is 7.07. The Hall–Kier alpha value is -3.56. The summed E-state index contributed by atoms with van der Waals surface area (Å²) >= 11 is 0. The van der Waals surface area contributed by atoms with Crippen molar-refractivity contribution in [3.8, 4) is 17.2 Å². The summed E-state index contributed by atoms with van der Waals surface area (Å²) in [5.41, 5.74) is 1.17. The number of fused-ring (bicyclic) bond motifs is 1. The number of carbonyl (C=O) groups is 2. The molecule has 1 N–H and O–H groups in total. The maximum Gasteiger partial charge on any atom is 0.295 e. The van der Waals surface area contributed by atoms with E-state index in [0.29, 0.717) is 68.9 Å². The highest BCUT2D eigenvalue weighted by Crippen LogP contribution is 2.41. The summed E-state index contributed by atoms with van der Waals surface area (Å²) < 4.78 is 22.2. The number of carbonyl (C=O) groups excluding carboxylic acids is 2. The van der Waals surface area contributed by atoms with Gasteiger partial charge in [-0.15, -0.1) is 0 Å². The topological polar surface area (TPSA) is 97.8 Å². The van der Waals surface area contributed by atoms with E-state index in [9.17, 15) is 14.7 Å². The van der Waals surface area contributed by atoms with Crippen LogP contribution in [0.25, 0.3) is 5.76 Å². The molecule has 2 aromatic rings. The molecule has 1 unspecified atom stereocenters. The number of ether oxygens (including phenoxy) is 4. The number of Topliss-reactive ketones (excluding diaryl/α,β-unsaturated/α-hetero) is 1. The van der Waals surface area contributed by atoms with Crippen molar-refractivity contribution in [3.05, 3.63) is 59.2 Å². The van der Waals surface area contributed by atoms with Crippen molar-refractivity contribution in [2.24, 2.45) is 0 Å². The number of benzene rings is 2. The predicted octanol–water partition coefficient (Wildman–Crippen LogP) is 2.61. The lowest BCUT2D eigenvalue weighted by Crippen LogP contribution is -2.42. The molecule has 0 bridgehead atoms. The van der Waals surface area contributed by atoms with Gasteiger partial charge in [0.1, 0.15) is 24.7 Å². The maximum absolute atomic E-state index is 13.3. The minimum Gasteiger partial charge on any atom is -0.507 e. The molecule has 0 aromatic heterocycles. The Bertz CT molecular complexity index is 1160. The summed E-state index contributed by atoms with van der Waals surface area (Å²) in [5, 5.41) is 11.3. The maximum atomic E-state index is 13.3. The van der Waals surface area contributed by atoms with Gasteiger partial charge >= 0.3 is 0 Å². The molecule has 0 radical (unpaired) electrons. The van der Waals surface area contributed by atoms with Crippen LogP contribution in [0, 0.1) is 0 Å². The second-order valence-electron chi connectivity index (χ2n) is 8.81. The summed E-state index contributed by atoms with van der Waals surface area (Å²) in [7, 11) is 0. The van der Waals surface area contributed by atoms with Crippen LogP contribution >= 0.6 is 0 Å². The fraction of sp³-hybridized carbons (Fsp3) is 0.407. The third-order valence-corrected chi connectivity index (χ3v) is 6.62. The molecule has 2 fully saturated rings. The molecule has 190 valence electrons. The van der Waals surface area contributed by atoms with Crippen LogP contribution in [0.5, 0.6) is 17.2 Å². The van der Waals surface area contributed by atoms with Gasteiger partial charge in [0.2, 0.25) is 0 Å². The van der Waals surface area contributed by atoms with Crippen LogP contribution in [0.1, 0.15) is 24.1 Å². The van der Waals surface area contributed by atoms with Gasteiger partial charge in [-0.3, -0.25) is 14.5 Å². The zero-order valence-corrected chi connectivity index (χ0v) is 20.3. The predicted molar refractivity (Wildman–Crippen MR) is 131 cm³/mol. The van der Waals surface area contributed by atoms with E-state index >= 15 is 0 Å². The second kappa shape index (κ2) is 10.6. The van der Waals surface area contributed by atoms with E-state index in [2.05, 4.69) is 4.90 Å². The largest absolute Gasteiger partial charge is 0.507 e. The standard InChI is InChI=1S/C27H30N2O7/c1-2-34-20-6-3-18(4-7-20)24-23(25(30)19-5-8-21-22(17-19)36-16-15-35-21)26(31)27(32)29(24)10-9-28-11-13-33-14-12-28/h3-8,17,24,30H,2,9-16H2,1H3/b25-23+. The van der Waals surface area contributed by atoms with E-state index in [-0.39, 0.29) is 11.3 Å². The first-order valence-corrected chi connectivity index (χ1v) is 12.3. The number of likely N-dealkylation sites (tertiary alicyclic amines) is 1. The quantitative estimate of drug-likeness (QED) is 0.357. The molecule has 36 heavy (non-hydrogen) atoms. The Balaban J connectivity index is 1.52. The molecule has 2 aromatic carbocycles. The highest BCUT2D eigenvalue weighted by Gasteiger charge is 2.46. The van der Waals surface area contributed by atoms with E-state index < -0.39 is 17.7 Å². The van der Waals surface area contributed by atoms with Crippen molar-refractivity contribution in [1.29, 1.82) is 0 Å². The normalized spacial score (nSPS) is 21.6. The number of hydrogen-bond donors (Lipinski definition) is 1. The number of nitrogens with zero attached hydrogens (tertiary/aromatic N) is 2. The molecule has 1 amide bonds. The van der Waals surface area contributed by atoms with E-state index in [1.165, 1.54) is 0 Å². The second-order valence-corrected chi connectivity index (χ2v) is 8.81. The lowest BCUT2D eigenvalue weighted by atomic mass is 9.95. The highest BCUT2D eigenvalue weighted by atomic mass is 16.6.